The molecule has 0 spiro atoms. The molecule has 4 heterocycles. The lowest BCUT2D eigenvalue weighted by atomic mass is 9.60. The van der Waals surface area contributed by atoms with Crippen LogP contribution in [0.3, 0.4) is 0 Å². The zero-order valence-electron chi connectivity index (χ0n) is 13.4. The van der Waals surface area contributed by atoms with Gasteiger partial charge < -0.3 is 10.0 Å². The molecule has 5 atom stereocenters. The van der Waals surface area contributed by atoms with Crippen LogP contribution in [0.1, 0.15) is 50.5 Å². The molecule has 118 valence electrons. The third kappa shape index (κ3) is 1.49. The summed E-state index contributed by atoms with van der Waals surface area (Å²) in [5, 5.41) is 11.0. The lowest BCUT2D eigenvalue weighted by Gasteiger charge is -2.62. The highest BCUT2D eigenvalue weighted by atomic mass is 16.3. The lowest BCUT2D eigenvalue weighted by Crippen LogP contribution is -2.70. The molecule has 0 aromatic heterocycles. The minimum Gasteiger partial charge on any atom is -0.374 e. The van der Waals surface area contributed by atoms with Crippen molar-refractivity contribution in [3.05, 3.63) is 29.8 Å². The van der Waals surface area contributed by atoms with Crippen LogP contribution in [0.4, 0.5) is 5.69 Å². The smallest absolute Gasteiger partial charge is 0.127 e. The Hall–Kier alpha value is -1.06. The van der Waals surface area contributed by atoms with E-state index in [4.69, 9.17) is 0 Å². The highest BCUT2D eigenvalue weighted by molar-refractivity contribution is 5.64. The molecule has 4 aliphatic rings. The summed E-state index contributed by atoms with van der Waals surface area (Å²) >= 11 is 0. The molecule has 1 N–H and O–H groups in total. The van der Waals surface area contributed by atoms with Crippen LogP contribution in [0.25, 0.3) is 0 Å². The number of para-hydroxylation sites is 1. The molecule has 0 saturated carbocycles. The zero-order chi connectivity index (χ0) is 14.9. The van der Waals surface area contributed by atoms with Gasteiger partial charge in [0.25, 0.3) is 0 Å². The van der Waals surface area contributed by atoms with Gasteiger partial charge in [0.15, 0.2) is 0 Å². The Labute approximate surface area is 132 Å². The molecular formula is C19H26N2O. The maximum Gasteiger partial charge on any atom is 0.127 e. The molecule has 0 bridgehead atoms. The van der Waals surface area contributed by atoms with Crippen LogP contribution in [-0.4, -0.2) is 41.4 Å². The summed E-state index contributed by atoms with van der Waals surface area (Å²) in [4.78, 5) is 5.15. The number of rotatable bonds is 1. The molecule has 22 heavy (non-hydrogen) atoms. The van der Waals surface area contributed by atoms with Gasteiger partial charge in [0, 0.05) is 17.6 Å². The van der Waals surface area contributed by atoms with E-state index in [1.165, 1.54) is 50.0 Å². The number of aliphatic hydroxyl groups is 1. The van der Waals surface area contributed by atoms with Crippen LogP contribution in [0.15, 0.2) is 24.3 Å². The van der Waals surface area contributed by atoms with Crippen molar-refractivity contribution in [2.45, 2.75) is 63.3 Å². The predicted octanol–water partition coefficient (Wildman–Crippen LogP) is 2.95. The van der Waals surface area contributed by atoms with Crippen LogP contribution in [0.5, 0.6) is 0 Å². The average molecular weight is 298 g/mol. The van der Waals surface area contributed by atoms with Gasteiger partial charge in [0.2, 0.25) is 0 Å². The van der Waals surface area contributed by atoms with E-state index in [1.54, 1.807) is 0 Å². The molecule has 4 aliphatic heterocycles. The topological polar surface area (TPSA) is 26.7 Å². The van der Waals surface area contributed by atoms with Crippen molar-refractivity contribution in [1.82, 2.24) is 4.90 Å². The van der Waals surface area contributed by atoms with Gasteiger partial charge in [-0.15, -0.1) is 0 Å². The van der Waals surface area contributed by atoms with Gasteiger partial charge in [0.1, 0.15) is 6.23 Å². The normalized spacial score (nSPS) is 42.9. The molecule has 5 unspecified atom stereocenters. The van der Waals surface area contributed by atoms with Crippen molar-refractivity contribution in [1.29, 1.82) is 0 Å². The Balaban J connectivity index is 1.67. The van der Waals surface area contributed by atoms with Gasteiger partial charge in [-0.1, -0.05) is 25.1 Å². The Morgan fingerprint density at radius 3 is 3.00 bits per heavy atom. The summed E-state index contributed by atoms with van der Waals surface area (Å²) in [5.41, 5.74) is 3.13. The van der Waals surface area contributed by atoms with Crippen LogP contribution in [-0.2, 0) is 0 Å². The molecule has 5 rings (SSSR count). The second-order valence-corrected chi connectivity index (χ2v) is 7.84. The largest absolute Gasteiger partial charge is 0.374 e. The van der Waals surface area contributed by atoms with Crippen molar-refractivity contribution in [3.63, 3.8) is 0 Å². The van der Waals surface area contributed by atoms with Gasteiger partial charge in [-0.3, -0.25) is 4.90 Å². The predicted molar refractivity (Wildman–Crippen MR) is 88.0 cm³/mol. The Kier molecular flexibility index (Phi) is 2.73. The van der Waals surface area contributed by atoms with Gasteiger partial charge in [-0.25, -0.2) is 0 Å². The highest BCUT2D eigenvalue weighted by Crippen LogP contribution is 2.58. The van der Waals surface area contributed by atoms with Crippen LogP contribution in [0.2, 0.25) is 0 Å². The van der Waals surface area contributed by atoms with Crippen LogP contribution >= 0.6 is 0 Å². The monoisotopic (exact) mass is 298 g/mol. The zero-order valence-corrected chi connectivity index (χ0v) is 13.4. The van der Waals surface area contributed by atoms with Gasteiger partial charge in [0.05, 0.1) is 6.04 Å². The molecular weight excluding hydrogens is 272 g/mol. The Morgan fingerprint density at radius 1 is 1.27 bits per heavy atom. The van der Waals surface area contributed by atoms with Crippen molar-refractivity contribution < 1.29 is 5.11 Å². The van der Waals surface area contributed by atoms with E-state index in [-0.39, 0.29) is 6.23 Å². The maximum atomic E-state index is 11.0. The second kappa shape index (κ2) is 4.48. The first-order valence-corrected chi connectivity index (χ1v) is 9.04. The first-order valence-electron chi connectivity index (χ1n) is 9.04. The SMILES string of the molecule is CCC12CCCN3CCC4c5ccccc5N(C(O)C1)C4C32. The van der Waals surface area contributed by atoms with E-state index in [0.29, 0.717) is 23.4 Å². The quantitative estimate of drug-likeness (QED) is 0.863. The van der Waals surface area contributed by atoms with E-state index in [1.807, 2.05) is 0 Å². The van der Waals surface area contributed by atoms with E-state index < -0.39 is 0 Å². The summed E-state index contributed by atoms with van der Waals surface area (Å²) < 4.78 is 0. The first-order chi connectivity index (χ1) is 10.7. The van der Waals surface area contributed by atoms with Gasteiger partial charge >= 0.3 is 0 Å². The third-order valence-electron chi connectivity index (χ3n) is 7.15. The summed E-state index contributed by atoms with van der Waals surface area (Å²) in [6.45, 7) is 4.85. The molecule has 0 amide bonds. The van der Waals surface area contributed by atoms with E-state index in [0.717, 1.165) is 6.42 Å². The molecule has 1 aromatic rings. The minimum atomic E-state index is -0.301. The minimum absolute atomic E-state index is 0.301. The van der Waals surface area contributed by atoms with Crippen LogP contribution < -0.4 is 4.90 Å². The second-order valence-electron chi connectivity index (χ2n) is 7.84. The highest BCUT2D eigenvalue weighted by Gasteiger charge is 2.60. The molecule has 3 heteroatoms. The number of piperidine rings is 3. The Morgan fingerprint density at radius 2 is 2.14 bits per heavy atom. The van der Waals surface area contributed by atoms with Crippen molar-refractivity contribution >= 4 is 5.69 Å². The van der Waals surface area contributed by atoms with E-state index in [2.05, 4.69) is 41.0 Å². The average Bonchev–Trinajstić information content (AvgIpc) is 2.89. The number of anilines is 1. The first kappa shape index (κ1) is 13.4. The number of hydrogen-bond donors (Lipinski definition) is 1. The van der Waals surface area contributed by atoms with E-state index >= 15 is 0 Å². The lowest BCUT2D eigenvalue weighted by molar-refractivity contribution is -0.0904. The summed E-state index contributed by atoms with van der Waals surface area (Å²) in [6, 6.07) is 9.96. The fourth-order valence-corrected chi connectivity index (χ4v) is 6.29. The summed E-state index contributed by atoms with van der Waals surface area (Å²) in [6.07, 6.45) is 5.71. The fourth-order valence-electron chi connectivity index (χ4n) is 6.29. The van der Waals surface area contributed by atoms with Gasteiger partial charge in [-0.2, -0.15) is 0 Å². The third-order valence-corrected chi connectivity index (χ3v) is 7.15. The fraction of sp³-hybridized carbons (Fsp3) is 0.684. The molecule has 3 saturated heterocycles. The number of nitrogens with zero attached hydrogens (tertiary/aromatic N) is 2. The number of aliphatic hydroxyl groups excluding tert-OH is 1. The van der Waals surface area contributed by atoms with Crippen molar-refractivity contribution in [2.75, 3.05) is 18.0 Å². The number of hydrogen-bond acceptors (Lipinski definition) is 3. The molecule has 0 aliphatic carbocycles. The number of fused-ring (bicyclic) bond motifs is 3. The summed E-state index contributed by atoms with van der Waals surface area (Å²) in [7, 11) is 0. The van der Waals surface area contributed by atoms with Crippen molar-refractivity contribution in [2.24, 2.45) is 5.41 Å². The molecule has 1 aromatic carbocycles. The molecule has 0 radical (unpaired) electrons. The molecule has 3 fully saturated rings. The van der Waals surface area contributed by atoms with E-state index in [9.17, 15) is 5.11 Å². The van der Waals surface area contributed by atoms with Crippen LogP contribution in [0, 0.1) is 5.41 Å². The summed E-state index contributed by atoms with van der Waals surface area (Å²) in [5.74, 6) is 0.622. The van der Waals surface area contributed by atoms with Crippen molar-refractivity contribution in [3.8, 4) is 0 Å². The standard InChI is InChI=1S/C19H26N2O/c1-2-19-9-5-10-20-11-8-14-13-6-3-4-7-15(13)21(16(22)12-19)17(14)18(19)20/h3-4,6-7,14,16-18,22H,2,5,8-12H2,1H3. The number of benzene rings is 1. The Bertz CT molecular complexity index is 603. The maximum absolute atomic E-state index is 11.0. The molecule has 3 nitrogen and oxygen atoms in total. The van der Waals surface area contributed by atoms with Gasteiger partial charge in [-0.05, 0) is 62.2 Å².